The summed E-state index contributed by atoms with van der Waals surface area (Å²) in [5.74, 6) is 6.87. The van der Waals surface area contributed by atoms with Crippen LogP contribution in [-0.4, -0.2) is 0 Å². The zero-order valence-corrected chi connectivity index (χ0v) is 14.0. The Labute approximate surface area is 121 Å². The van der Waals surface area contributed by atoms with Crippen molar-refractivity contribution in [3.05, 3.63) is 0 Å². The van der Waals surface area contributed by atoms with Crippen molar-refractivity contribution in [2.45, 2.75) is 79.6 Å². The zero-order valence-electron chi connectivity index (χ0n) is 14.0. The third kappa shape index (κ3) is 3.76. The molecule has 0 saturated heterocycles. The molecule has 5 unspecified atom stereocenters. The van der Waals surface area contributed by atoms with E-state index in [-0.39, 0.29) is 0 Å². The maximum atomic E-state index is 2.57. The van der Waals surface area contributed by atoms with E-state index in [1.165, 1.54) is 44.9 Å². The van der Waals surface area contributed by atoms with E-state index in [0.29, 0.717) is 0 Å². The lowest BCUT2D eigenvalue weighted by Gasteiger charge is -2.41. The third-order valence-electron chi connectivity index (χ3n) is 7.02. The van der Waals surface area contributed by atoms with Crippen LogP contribution < -0.4 is 0 Å². The molecule has 2 saturated carbocycles. The van der Waals surface area contributed by atoms with Gasteiger partial charge < -0.3 is 0 Å². The normalized spacial score (nSPS) is 43.7. The van der Waals surface area contributed by atoms with Crippen molar-refractivity contribution in [2.24, 2.45) is 41.4 Å². The lowest BCUT2D eigenvalue weighted by Crippen LogP contribution is -2.32. The van der Waals surface area contributed by atoms with Crippen molar-refractivity contribution in [1.82, 2.24) is 0 Å². The highest BCUT2D eigenvalue weighted by Crippen LogP contribution is 2.43. The molecule has 0 radical (unpaired) electrons. The van der Waals surface area contributed by atoms with Crippen molar-refractivity contribution in [1.29, 1.82) is 0 Å². The molecule has 0 spiro atoms. The Morgan fingerprint density at radius 1 is 0.632 bits per heavy atom. The van der Waals surface area contributed by atoms with E-state index in [4.69, 9.17) is 0 Å². The molecule has 0 aromatic heterocycles. The molecule has 2 fully saturated rings. The molecule has 2 rings (SSSR count). The number of hydrogen-bond donors (Lipinski definition) is 0. The Kier molecular flexibility index (Phi) is 5.37. The minimum Gasteiger partial charge on any atom is -0.0625 e. The molecule has 5 atom stereocenters. The van der Waals surface area contributed by atoms with Crippen molar-refractivity contribution >= 4 is 0 Å². The van der Waals surface area contributed by atoms with Crippen LogP contribution in [0.15, 0.2) is 0 Å². The SMILES string of the molecule is CC1CCC(C(C)C(C)C2CCC(C)C(C)C2)CC1. The third-order valence-corrected chi connectivity index (χ3v) is 7.02. The highest BCUT2D eigenvalue weighted by Gasteiger charge is 2.34. The fourth-order valence-electron chi connectivity index (χ4n) is 4.74. The van der Waals surface area contributed by atoms with E-state index in [0.717, 1.165) is 41.4 Å². The van der Waals surface area contributed by atoms with Gasteiger partial charge in [0.1, 0.15) is 0 Å². The molecule has 0 bridgehead atoms. The Morgan fingerprint density at radius 2 is 1.16 bits per heavy atom. The molecule has 0 heteroatoms. The fourth-order valence-corrected chi connectivity index (χ4v) is 4.74. The van der Waals surface area contributed by atoms with Gasteiger partial charge in [0.25, 0.3) is 0 Å². The number of rotatable bonds is 3. The summed E-state index contributed by atoms with van der Waals surface area (Å²) in [5, 5.41) is 0. The van der Waals surface area contributed by atoms with E-state index >= 15 is 0 Å². The minimum absolute atomic E-state index is 0.952. The van der Waals surface area contributed by atoms with Gasteiger partial charge in [0.15, 0.2) is 0 Å². The summed E-state index contributed by atoms with van der Waals surface area (Å²) in [7, 11) is 0. The Balaban J connectivity index is 1.86. The average Bonchev–Trinajstić information content (AvgIpc) is 2.41. The van der Waals surface area contributed by atoms with Gasteiger partial charge in [-0.05, 0) is 67.1 Å². The van der Waals surface area contributed by atoms with Crippen molar-refractivity contribution in [3.8, 4) is 0 Å². The summed E-state index contributed by atoms with van der Waals surface area (Å²) in [6.45, 7) is 12.5. The highest BCUT2D eigenvalue weighted by atomic mass is 14.4. The number of hydrogen-bond acceptors (Lipinski definition) is 0. The van der Waals surface area contributed by atoms with Crippen molar-refractivity contribution in [3.63, 3.8) is 0 Å². The molecule has 0 amide bonds. The Morgan fingerprint density at radius 3 is 1.74 bits per heavy atom. The second-order valence-electron chi connectivity index (χ2n) is 8.27. The van der Waals surface area contributed by atoms with Gasteiger partial charge in [0, 0.05) is 0 Å². The predicted octanol–water partition coefficient (Wildman–Crippen LogP) is 6.16. The van der Waals surface area contributed by atoms with Gasteiger partial charge in [-0.25, -0.2) is 0 Å². The first-order valence-electron chi connectivity index (χ1n) is 8.99. The van der Waals surface area contributed by atoms with Crippen LogP contribution in [0.1, 0.15) is 79.6 Å². The maximum absolute atomic E-state index is 2.57. The molecule has 0 heterocycles. The minimum atomic E-state index is 0.952. The van der Waals surface area contributed by atoms with Crippen LogP contribution in [0.25, 0.3) is 0 Å². The lowest BCUT2D eigenvalue weighted by molar-refractivity contribution is 0.0917. The molecular weight excluding hydrogens is 228 g/mol. The van der Waals surface area contributed by atoms with Gasteiger partial charge in [-0.2, -0.15) is 0 Å². The van der Waals surface area contributed by atoms with Crippen LogP contribution in [0.5, 0.6) is 0 Å². The smallest absolute Gasteiger partial charge is 0.0383 e. The summed E-state index contributed by atoms with van der Waals surface area (Å²) in [5.41, 5.74) is 0. The van der Waals surface area contributed by atoms with Crippen LogP contribution in [0.2, 0.25) is 0 Å². The summed E-state index contributed by atoms with van der Waals surface area (Å²) in [4.78, 5) is 0. The zero-order chi connectivity index (χ0) is 14.0. The summed E-state index contributed by atoms with van der Waals surface area (Å²) >= 11 is 0. The Bertz CT molecular complexity index is 261. The van der Waals surface area contributed by atoms with Crippen LogP contribution in [0.4, 0.5) is 0 Å². The second kappa shape index (κ2) is 6.64. The maximum Gasteiger partial charge on any atom is -0.0383 e. The first-order valence-corrected chi connectivity index (χ1v) is 8.99. The molecule has 112 valence electrons. The predicted molar refractivity (Wildman–Crippen MR) is 85.1 cm³/mol. The first kappa shape index (κ1) is 15.4. The van der Waals surface area contributed by atoms with E-state index in [1.54, 1.807) is 0 Å². The molecule has 2 aliphatic carbocycles. The molecule has 19 heavy (non-hydrogen) atoms. The largest absolute Gasteiger partial charge is 0.0625 e. The molecule has 0 N–H and O–H groups in total. The molecule has 0 aromatic carbocycles. The van der Waals surface area contributed by atoms with Crippen molar-refractivity contribution < 1.29 is 0 Å². The van der Waals surface area contributed by atoms with E-state index in [9.17, 15) is 0 Å². The fraction of sp³-hybridized carbons (Fsp3) is 1.00. The highest BCUT2D eigenvalue weighted by molar-refractivity contribution is 4.84. The quantitative estimate of drug-likeness (QED) is 0.573. The summed E-state index contributed by atoms with van der Waals surface area (Å²) < 4.78 is 0. The molecule has 2 aliphatic rings. The molecule has 0 aliphatic heterocycles. The van der Waals surface area contributed by atoms with Crippen LogP contribution >= 0.6 is 0 Å². The van der Waals surface area contributed by atoms with Crippen LogP contribution in [0.3, 0.4) is 0 Å². The Hall–Kier alpha value is 0. The molecule has 0 aromatic rings. The van der Waals surface area contributed by atoms with Gasteiger partial charge in [-0.1, -0.05) is 53.9 Å². The van der Waals surface area contributed by atoms with Gasteiger partial charge in [-0.15, -0.1) is 0 Å². The average molecular weight is 264 g/mol. The molecule has 0 nitrogen and oxygen atoms in total. The van der Waals surface area contributed by atoms with Crippen LogP contribution in [0, 0.1) is 41.4 Å². The first-order chi connectivity index (χ1) is 8.99. The van der Waals surface area contributed by atoms with Gasteiger partial charge in [0.2, 0.25) is 0 Å². The van der Waals surface area contributed by atoms with E-state index in [2.05, 4.69) is 34.6 Å². The summed E-state index contributed by atoms with van der Waals surface area (Å²) in [6, 6.07) is 0. The van der Waals surface area contributed by atoms with Gasteiger partial charge >= 0.3 is 0 Å². The monoisotopic (exact) mass is 264 g/mol. The standard InChI is InChI=1S/C19H36/c1-13-6-9-18(10-7-13)16(4)17(5)19-11-8-14(2)15(3)12-19/h13-19H,6-12H2,1-5H3. The lowest BCUT2D eigenvalue weighted by atomic mass is 9.65. The summed E-state index contributed by atoms with van der Waals surface area (Å²) in [6.07, 6.45) is 10.5. The van der Waals surface area contributed by atoms with Crippen molar-refractivity contribution in [2.75, 3.05) is 0 Å². The van der Waals surface area contributed by atoms with Gasteiger partial charge in [-0.3, -0.25) is 0 Å². The van der Waals surface area contributed by atoms with E-state index in [1.807, 2.05) is 0 Å². The van der Waals surface area contributed by atoms with Crippen LogP contribution in [-0.2, 0) is 0 Å². The van der Waals surface area contributed by atoms with E-state index < -0.39 is 0 Å². The van der Waals surface area contributed by atoms with Gasteiger partial charge in [0.05, 0.1) is 0 Å². The second-order valence-corrected chi connectivity index (χ2v) is 8.27. The molecular formula is C19H36. The topological polar surface area (TPSA) is 0 Å².